The Bertz CT molecular complexity index is 2680. The molecule has 0 aliphatic heterocycles. The zero-order valence-corrected chi connectivity index (χ0v) is 30.1. The van der Waals surface area contributed by atoms with E-state index in [2.05, 4.69) is 116 Å². The smallest absolute Gasteiger partial charge is 0.164 e. The standard InChI is InChI=1S/C49H34N6/c1-33-14-11-12-23-43(33)49-54-47(53-48(55-49)42-22-13-21-41(32-42)34-15-5-2-6-16-34)40-30-26-36(27-31-40)35-24-28-39(29-25-35)46-51-44(37-17-7-3-8-18-37)50-45(52-46)38-19-9-4-10-20-38/h2-32H,1H3. The van der Waals surface area contributed by atoms with Gasteiger partial charge in [0.2, 0.25) is 0 Å². The van der Waals surface area contributed by atoms with E-state index in [1.807, 2.05) is 78.9 Å². The molecule has 0 saturated heterocycles. The third-order valence-electron chi connectivity index (χ3n) is 9.57. The summed E-state index contributed by atoms with van der Waals surface area (Å²) in [4.78, 5) is 29.6. The molecule has 0 aliphatic carbocycles. The fourth-order valence-electron chi connectivity index (χ4n) is 6.61. The Labute approximate surface area is 320 Å². The summed E-state index contributed by atoms with van der Waals surface area (Å²) in [5.41, 5.74) is 11.1. The Hall–Kier alpha value is -7.44. The summed E-state index contributed by atoms with van der Waals surface area (Å²) in [5.74, 6) is 3.80. The topological polar surface area (TPSA) is 77.3 Å². The summed E-state index contributed by atoms with van der Waals surface area (Å²) in [6.45, 7) is 2.08. The van der Waals surface area contributed by atoms with E-state index in [4.69, 9.17) is 29.9 Å². The lowest BCUT2D eigenvalue weighted by atomic mass is 10.0. The molecule has 0 bridgehead atoms. The SMILES string of the molecule is Cc1ccccc1-c1nc(-c2ccc(-c3ccc(-c4nc(-c5ccccc5)nc(-c5ccccc5)n4)cc3)cc2)nc(-c2cccc(-c3ccccc3)c2)n1. The van der Waals surface area contributed by atoms with Gasteiger partial charge < -0.3 is 0 Å². The second-order valence-corrected chi connectivity index (χ2v) is 13.3. The van der Waals surface area contributed by atoms with E-state index in [9.17, 15) is 0 Å². The Morgan fingerprint density at radius 2 is 0.545 bits per heavy atom. The minimum absolute atomic E-state index is 0.619. The van der Waals surface area contributed by atoms with Crippen molar-refractivity contribution in [1.29, 1.82) is 0 Å². The van der Waals surface area contributed by atoms with Crippen molar-refractivity contribution in [3.63, 3.8) is 0 Å². The number of aryl methyl sites for hydroxylation is 1. The third kappa shape index (κ3) is 7.17. The molecular weight excluding hydrogens is 673 g/mol. The van der Waals surface area contributed by atoms with Gasteiger partial charge in [-0.15, -0.1) is 0 Å². The maximum absolute atomic E-state index is 5.03. The number of rotatable bonds is 8. The first kappa shape index (κ1) is 33.4. The molecule has 260 valence electrons. The number of hydrogen-bond donors (Lipinski definition) is 0. The molecule has 2 heterocycles. The van der Waals surface area contributed by atoms with Crippen molar-refractivity contribution in [1.82, 2.24) is 29.9 Å². The van der Waals surface area contributed by atoms with Crippen molar-refractivity contribution in [2.75, 3.05) is 0 Å². The van der Waals surface area contributed by atoms with Gasteiger partial charge in [0.15, 0.2) is 34.9 Å². The van der Waals surface area contributed by atoms with Crippen LogP contribution in [0, 0.1) is 6.92 Å². The largest absolute Gasteiger partial charge is 0.208 e. The maximum Gasteiger partial charge on any atom is 0.164 e. The van der Waals surface area contributed by atoms with Crippen LogP contribution in [0.25, 0.3) is 90.6 Å². The van der Waals surface area contributed by atoms with Crippen LogP contribution in [-0.4, -0.2) is 29.9 Å². The lowest BCUT2D eigenvalue weighted by Crippen LogP contribution is -2.01. The average molecular weight is 707 g/mol. The van der Waals surface area contributed by atoms with Crippen molar-refractivity contribution >= 4 is 0 Å². The lowest BCUT2D eigenvalue weighted by Gasteiger charge is -2.11. The predicted octanol–water partition coefficient (Wildman–Crippen LogP) is 11.7. The maximum atomic E-state index is 5.03. The van der Waals surface area contributed by atoms with Crippen molar-refractivity contribution in [2.45, 2.75) is 6.92 Å². The van der Waals surface area contributed by atoms with Crippen LogP contribution in [0.15, 0.2) is 188 Å². The minimum atomic E-state index is 0.619. The van der Waals surface area contributed by atoms with E-state index in [0.29, 0.717) is 34.9 Å². The molecule has 55 heavy (non-hydrogen) atoms. The normalized spacial score (nSPS) is 11.0. The summed E-state index contributed by atoms with van der Waals surface area (Å²) in [5, 5.41) is 0. The van der Waals surface area contributed by atoms with Gasteiger partial charge in [0, 0.05) is 33.4 Å². The predicted molar refractivity (Wildman–Crippen MR) is 221 cm³/mol. The number of benzene rings is 7. The van der Waals surface area contributed by atoms with Crippen LogP contribution >= 0.6 is 0 Å². The quantitative estimate of drug-likeness (QED) is 0.157. The van der Waals surface area contributed by atoms with E-state index in [0.717, 1.165) is 61.2 Å². The molecule has 0 fully saturated rings. The van der Waals surface area contributed by atoms with Crippen LogP contribution in [0.1, 0.15) is 5.56 Å². The van der Waals surface area contributed by atoms with Gasteiger partial charge in [-0.05, 0) is 40.8 Å². The fourth-order valence-corrected chi connectivity index (χ4v) is 6.61. The molecule has 0 amide bonds. The lowest BCUT2D eigenvalue weighted by molar-refractivity contribution is 1.07. The van der Waals surface area contributed by atoms with Crippen molar-refractivity contribution in [3.8, 4) is 90.6 Å². The van der Waals surface area contributed by atoms with E-state index < -0.39 is 0 Å². The number of nitrogens with zero attached hydrogens (tertiary/aromatic N) is 6. The summed E-state index contributed by atoms with van der Waals surface area (Å²) in [6, 6.07) is 63.7. The first-order valence-corrected chi connectivity index (χ1v) is 18.2. The molecule has 9 aromatic rings. The van der Waals surface area contributed by atoms with Gasteiger partial charge in [-0.1, -0.05) is 182 Å². The van der Waals surface area contributed by atoms with Crippen LogP contribution in [0.3, 0.4) is 0 Å². The summed E-state index contributed by atoms with van der Waals surface area (Å²) in [7, 11) is 0. The highest BCUT2D eigenvalue weighted by Crippen LogP contribution is 2.31. The highest BCUT2D eigenvalue weighted by molar-refractivity contribution is 5.75. The van der Waals surface area contributed by atoms with Gasteiger partial charge in [0.25, 0.3) is 0 Å². The molecule has 0 saturated carbocycles. The molecule has 0 aliphatic rings. The summed E-state index contributed by atoms with van der Waals surface area (Å²) in [6.07, 6.45) is 0. The van der Waals surface area contributed by atoms with E-state index in [1.165, 1.54) is 0 Å². The van der Waals surface area contributed by atoms with Crippen LogP contribution < -0.4 is 0 Å². The van der Waals surface area contributed by atoms with Gasteiger partial charge in [0.1, 0.15) is 0 Å². The van der Waals surface area contributed by atoms with Gasteiger partial charge >= 0.3 is 0 Å². The molecule has 0 unspecified atom stereocenters. The van der Waals surface area contributed by atoms with Gasteiger partial charge in [0.05, 0.1) is 0 Å². The monoisotopic (exact) mass is 706 g/mol. The van der Waals surface area contributed by atoms with E-state index in [-0.39, 0.29) is 0 Å². The van der Waals surface area contributed by atoms with Crippen LogP contribution in [0.5, 0.6) is 0 Å². The first-order chi connectivity index (χ1) is 27.1. The Kier molecular flexibility index (Phi) is 9.04. The second-order valence-electron chi connectivity index (χ2n) is 13.3. The van der Waals surface area contributed by atoms with Gasteiger partial charge in [-0.2, -0.15) is 0 Å². The molecule has 0 spiro atoms. The van der Waals surface area contributed by atoms with Crippen molar-refractivity contribution in [2.24, 2.45) is 0 Å². The summed E-state index contributed by atoms with van der Waals surface area (Å²) < 4.78 is 0. The fraction of sp³-hybridized carbons (Fsp3) is 0.0204. The molecule has 0 N–H and O–H groups in total. The molecular formula is C49H34N6. The Morgan fingerprint density at radius 1 is 0.236 bits per heavy atom. The molecule has 0 radical (unpaired) electrons. The third-order valence-corrected chi connectivity index (χ3v) is 9.57. The number of aromatic nitrogens is 6. The molecule has 6 nitrogen and oxygen atoms in total. The Balaban J connectivity index is 1.05. The Morgan fingerprint density at radius 3 is 1.02 bits per heavy atom. The molecule has 9 rings (SSSR count). The molecule has 6 heteroatoms. The highest BCUT2D eigenvalue weighted by atomic mass is 15.0. The molecule has 0 atom stereocenters. The zero-order valence-electron chi connectivity index (χ0n) is 30.1. The molecule has 7 aromatic carbocycles. The summed E-state index contributed by atoms with van der Waals surface area (Å²) >= 11 is 0. The van der Waals surface area contributed by atoms with Crippen LogP contribution in [-0.2, 0) is 0 Å². The van der Waals surface area contributed by atoms with Crippen molar-refractivity contribution in [3.05, 3.63) is 194 Å². The molecule has 2 aromatic heterocycles. The zero-order chi connectivity index (χ0) is 37.0. The van der Waals surface area contributed by atoms with E-state index in [1.54, 1.807) is 0 Å². The first-order valence-electron chi connectivity index (χ1n) is 18.2. The highest BCUT2D eigenvalue weighted by Gasteiger charge is 2.16. The second kappa shape index (κ2) is 14.9. The van der Waals surface area contributed by atoms with Crippen LogP contribution in [0.2, 0.25) is 0 Å². The van der Waals surface area contributed by atoms with Crippen molar-refractivity contribution < 1.29 is 0 Å². The average Bonchev–Trinajstić information content (AvgIpc) is 3.27. The van der Waals surface area contributed by atoms with Crippen LogP contribution in [0.4, 0.5) is 0 Å². The minimum Gasteiger partial charge on any atom is -0.208 e. The van der Waals surface area contributed by atoms with E-state index >= 15 is 0 Å². The van der Waals surface area contributed by atoms with Gasteiger partial charge in [-0.3, -0.25) is 0 Å². The number of hydrogen-bond acceptors (Lipinski definition) is 6. The van der Waals surface area contributed by atoms with Gasteiger partial charge in [-0.25, -0.2) is 29.9 Å².